The third-order valence-electron chi connectivity index (χ3n) is 4.26. The summed E-state index contributed by atoms with van der Waals surface area (Å²) in [6.45, 7) is 5.76. The highest BCUT2D eigenvalue weighted by Crippen LogP contribution is 2.23. The second-order valence-corrected chi connectivity index (χ2v) is 6.64. The fourth-order valence-electron chi connectivity index (χ4n) is 2.66. The predicted octanol–water partition coefficient (Wildman–Crippen LogP) is 3.76. The number of nitrogens with one attached hydrogen (secondary N) is 2. The molecule has 8 heteroatoms. The smallest absolute Gasteiger partial charge is 0.240 e. The highest BCUT2D eigenvalue weighted by Gasteiger charge is 2.09. The molecule has 0 heterocycles. The summed E-state index contributed by atoms with van der Waals surface area (Å²) in [5.74, 6) is -0.650. The third-order valence-corrected chi connectivity index (χ3v) is 4.59. The van der Waals surface area contributed by atoms with E-state index in [0.29, 0.717) is 16.3 Å². The maximum atomic E-state index is 11.9. The zero-order chi connectivity index (χ0) is 21.2. The predicted molar refractivity (Wildman–Crippen MR) is 117 cm³/mol. The first-order valence-corrected chi connectivity index (χ1v) is 9.76. The number of hydrogen-bond acceptors (Lipinski definition) is 5. The Bertz CT molecular complexity index is 882. The first kappa shape index (κ1) is 22.2. The number of halogens is 1. The molecule has 0 aromatic heterocycles. The highest BCUT2D eigenvalue weighted by atomic mass is 35.5. The minimum Gasteiger partial charge on any atom is -0.507 e. The standard InChI is InChI=1S/C21H25ClN4O3/c1-3-26(4-2)16-10-9-15(19(27)13-16)14-23-25-21(29)12-11-20(28)24-18-8-6-5-7-17(18)22/h5-10,13-14,27H,3-4,11-12H2,1-2H3,(H,24,28)(H,25,29). The number of carbonyl (C=O) groups is 2. The number of aromatic hydroxyl groups is 1. The van der Waals surface area contributed by atoms with Gasteiger partial charge in [-0.2, -0.15) is 5.10 Å². The van der Waals surface area contributed by atoms with Gasteiger partial charge in [-0.15, -0.1) is 0 Å². The Hall–Kier alpha value is -3.06. The molecule has 0 aliphatic carbocycles. The van der Waals surface area contributed by atoms with Gasteiger partial charge < -0.3 is 15.3 Å². The topological polar surface area (TPSA) is 94.0 Å². The van der Waals surface area contributed by atoms with Crippen LogP contribution < -0.4 is 15.6 Å². The molecule has 7 nitrogen and oxygen atoms in total. The first-order valence-electron chi connectivity index (χ1n) is 9.38. The number of rotatable bonds is 9. The molecule has 29 heavy (non-hydrogen) atoms. The lowest BCUT2D eigenvalue weighted by Gasteiger charge is -2.21. The molecule has 2 aromatic carbocycles. The molecule has 0 aliphatic rings. The molecule has 2 rings (SSSR count). The van der Waals surface area contributed by atoms with Gasteiger partial charge in [0.25, 0.3) is 0 Å². The summed E-state index contributed by atoms with van der Waals surface area (Å²) in [6.07, 6.45) is 1.33. The lowest BCUT2D eigenvalue weighted by molar-refractivity contribution is -0.124. The average Bonchev–Trinajstić information content (AvgIpc) is 2.70. The lowest BCUT2D eigenvalue weighted by atomic mass is 10.2. The van der Waals surface area contributed by atoms with Gasteiger partial charge >= 0.3 is 0 Å². The lowest BCUT2D eigenvalue weighted by Crippen LogP contribution is -2.21. The maximum absolute atomic E-state index is 11.9. The van der Waals surface area contributed by atoms with Crippen LogP contribution in [0.5, 0.6) is 5.75 Å². The van der Waals surface area contributed by atoms with Crippen LogP contribution in [0.1, 0.15) is 32.3 Å². The summed E-state index contributed by atoms with van der Waals surface area (Å²) in [5.41, 5.74) is 4.25. The molecule has 0 aliphatic heterocycles. The second kappa shape index (κ2) is 11.1. The summed E-state index contributed by atoms with van der Waals surface area (Å²) in [6, 6.07) is 12.1. The number of benzene rings is 2. The Labute approximate surface area is 175 Å². The van der Waals surface area contributed by atoms with Crippen molar-refractivity contribution < 1.29 is 14.7 Å². The van der Waals surface area contributed by atoms with Gasteiger partial charge in [0, 0.05) is 43.2 Å². The van der Waals surface area contributed by atoms with Gasteiger partial charge in [-0.1, -0.05) is 23.7 Å². The monoisotopic (exact) mass is 416 g/mol. The Morgan fingerprint density at radius 2 is 1.79 bits per heavy atom. The summed E-state index contributed by atoms with van der Waals surface area (Å²) in [4.78, 5) is 25.9. The number of nitrogens with zero attached hydrogens (tertiary/aromatic N) is 2. The van der Waals surface area contributed by atoms with Crippen LogP contribution in [0.4, 0.5) is 11.4 Å². The molecule has 3 N–H and O–H groups in total. The van der Waals surface area contributed by atoms with E-state index in [9.17, 15) is 14.7 Å². The molecule has 0 spiro atoms. The molecule has 0 fully saturated rings. The van der Waals surface area contributed by atoms with Gasteiger partial charge in [0.2, 0.25) is 11.8 Å². The summed E-state index contributed by atoms with van der Waals surface area (Å²) in [7, 11) is 0. The van der Waals surface area contributed by atoms with Crippen molar-refractivity contribution in [2.45, 2.75) is 26.7 Å². The fourth-order valence-corrected chi connectivity index (χ4v) is 2.84. The van der Waals surface area contributed by atoms with E-state index in [4.69, 9.17) is 11.6 Å². The highest BCUT2D eigenvalue weighted by molar-refractivity contribution is 6.33. The van der Waals surface area contributed by atoms with E-state index in [1.54, 1.807) is 36.4 Å². The molecule has 0 bridgehead atoms. The van der Waals surface area contributed by atoms with Crippen LogP contribution in [0.2, 0.25) is 5.02 Å². The summed E-state index contributed by atoms with van der Waals surface area (Å²) in [5, 5.41) is 17.1. The summed E-state index contributed by atoms with van der Waals surface area (Å²) < 4.78 is 0. The zero-order valence-electron chi connectivity index (χ0n) is 16.5. The van der Waals surface area contributed by atoms with Crippen molar-refractivity contribution >= 4 is 41.0 Å². The molecule has 2 aromatic rings. The average molecular weight is 417 g/mol. The van der Waals surface area contributed by atoms with Crippen LogP contribution in [0.15, 0.2) is 47.6 Å². The molecular formula is C21H25ClN4O3. The van der Waals surface area contributed by atoms with Crippen molar-refractivity contribution in [1.29, 1.82) is 0 Å². The molecule has 154 valence electrons. The van der Waals surface area contributed by atoms with E-state index in [1.807, 2.05) is 19.9 Å². The van der Waals surface area contributed by atoms with E-state index < -0.39 is 5.91 Å². The van der Waals surface area contributed by atoms with E-state index in [2.05, 4.69) is 20.7 Å². The molecule has 2 amide bonds. The van der Waals surface area contributed by atoms with Crippen molar-refractivity contribution in [2.75, 3.05) is 23.3 Å². The number of hydrogen-bond donors (Lipinski definition) is 3. The molecular weight excluding hydrogens is 392 g/mol. The van der Waals surface area contributed by atoms with E-state index in [-0.39, 0.29) is 24.5 Å². The number of phenolic OH excluding ortho intramolecular Hbond substituents is 1. The zero-order valence-corrected chi connectivity index (χ0v) is 17.2. The fraction of sp³-hybridized carbons (Fsp3) is 0.286. The largest absolute Gasteiger partial charge is 0.507 e. The van der Waals surface area contributed by atoms with Gasteiger partial charge in [0.15, 0.2) is 0 Å². The number of anilines is 2. The van der Waals surface area contributed by atoms with Crippen LogP contribution in [-0.4, -0.2) is 36.2 Å². The van der Waals surface area contributed by atoms with Crippen molar-refractivity contribution in [3.05, 3.63) is 53.1 Å². The van der Waals surface area contributed by atoms with E-state index >= 15 is 0 Å². The molecule has 0 saturated heterocycles. The van der Waals surface area contributed by atoms with Crippen LogP contribution in [0, 0.1) is 0 Å². The van der Waals surface area contributed by atoms with Crippen molar-refractivity contribution in [1.82, 2.24) is 5.43 Å². The number of carbonyl (C=O) groups excluding carboxylic acids is 2. The minimum atomic E-state index is -0.408. The van der Waals surface area contributed by atoms with E-state index in [0.717, 1.165) is 18.8 Å². The van der Waals surface area contributed by atoms with Gasteiger partial charge in [0.1, 0.15) is 5.75 Å². The van der Waals surface area contributed by atoms with Crippen molar-refractivity contribution in [3.8, 4) is 5.75 Å². The Balaban J connectivity index is 1.82. The van der Waals surface area contributed by atoms with Crippen molar-refractivity contribution in [2.24, 2.45) is 5.10 Å². The second-order valence-electron chi connectivity index (χ2n) is 6.24. The van der Waals surface area contributed by atoms with E-state index in [1.165, 1.54) is 6.21 Å². The number of hydrazone groups is 1. The molecule has 0 radical (unpaired) electrons. The summed E-state index contributed by atoms with van der Waals surface area (Å²) >= 11 is 5.98. The van der Waals surface area contributed by atoms with Gasteiger partial charge in [-0.3, -0.25) is 9.59 Å². The van der Waals surface area contributed by atoms with Crippen LogP contribution >= 0.6 is 11.6 Å². The van der Waals surface area contributed by atoms with Gasteiger partial charge in [-0.05, 0) is 38.1 Å². The molecule has 0 unspecified atom stereocenters. The van der Waals surface area contributed by atoms with Crippen LogP contribution in [-0.2, 0) is 9.59 Å². The van der Waals surface area contributed by atoms with Gasteiger partial charge in [-0.25, -0.2) is 5.43 Å². The first-order chi connectivity index (χ1) is 13.9. The normalized spacial score (nSPS) is 10.7. The molecule has 0 saturated carbocycles. The Kier molecular flexibility index (Phi) is 8.48. The Morgan fingerprint density at radius 3 is 2.45 bits per heavy atom. The minimum absolute atomic E-state index is 0.00358. The van der Waals surface area contributed by atoms with Crippen LogP contribution in [0.3, 0.4) is 0 Å². The van der Waals surface area contributed by atoms with Gasteiger partial charge in [0.05, 0.1) is 16.9 Å². The Morgan fingerprint density at radius 1 is 1.10 bits per heavy atom. The quantitative estimate of drug-likeness (QED) is 0.428. The third kappa shape index (κ3) is 6.80. The SMILES string of the molecule is CCN(CC)c1ccc(C=NNC(=O)CCC(=O)Nc2ccccc2Cl)c(O)c1. The number of phenols is 1. The van der Waals surface area contributed by atoms with Crippen molar-refractivity contribution in [3.63, 3.8) is 0 Å². The van der Waals surface area contributed by atoms with Crippen LogP contribution in [0.25, 0.3) is 0 Å². The molecule has 0 atom stereocenters. The maximum Gasteiger partial charge on any atom is 0.240 e. The number of para-hydroxylation sites is 1. The number of amides is 2.